The van der Waals surface area contributed by atoms with Crippen LogP contribution in [0.3, 0.4) is 0 Å². The molecule has 152 valence electrons. The third-order valence-electron chi connectivity index (χ3n) is 4.94. The molecule has 0 radical (unpaired) electrons. The number of nitrogens with zero attached hydrogens (tertiary/aromatic N) is 7. The Morgan fingerprint density at radius 1 is 1.34 bits per heavy atom. The fourth-order valence-corrected chi connectivity index (χ4v) is 3.36. The highest BCUT2D eigenvalue weighted by Crippen LogP contribution is 2.27. The number of amides is 1. The molecule has 0 aliphatic carbocycles. The summed E-state index contributed by atoms with van der Waals surface area (Å²) in [5.41, 5.74) is 1.50. The molecule has 1 saturated heterocycles. The van der Waals surface area contributed by atoms with Gasteiger partial charge < -0.3 is 15.4 Å². The number of methoxy groups -OCH3 is 1. The summed E-state index contributed by atoms with van der Waals surface area (Å²) in [5.74, 6) is 0.141. The van der Waals surface area contributed by atoms with Crippen LogP contribution in [0, 0.1) is 0 Å². The molecule has 1 aromatic carbocycles. The summed E-state index contributed by atoms with van der Waals surface area (Å²) >= 11 is 0. The standard InChI is InChI=1S/C18H23N9O2/c1-29-17-10-14(27-12-20-23-25-27)5-6-15(17)21-18(28)16-11-26(24-22-16)9-7-13-4-2-3-8-19-13/h5-6,10-13,19H,2-4,7-9H2,1H3,(H,21,28). The molecule has 2 N–H and O–H groups in total. The lowest BCUT2D eigenvalue weighted by Crippen LogP contribution is -2.34. The van der Waals surface area contributed by atoms with Crippen LogP contribution in [0.2, 0.25) is 0 Å². The molecule has 2 aromatic heterocycles. The number of tetrazole rings is 1. The summed E-state index contributed by atoms with van der Waals surface area (Å²) in [7, 11) is 1.53. The van der Waals surface area contributed by atoms with Gasteiger partial charge in [-0.05, 0) is 48.4 Å². The van der Waals surface area contributed by atoms with Crippen molar-refractivity contribution < 1.29 is 9.53 Å². The Balaban J connectivity index is 1.39. The van der Waals surface area contributed by atoms with Gasteiger partial charge >= 0.3 is 0 Å². The summed E-state index contributed by atoms with van der Waals surface area (Å²) in [6.07, 6.45) is 7.80. The van der Waals surface area contributed by atoms with Gasteiger partial charge in [-0.3, -0.25) is 9.48 Å². The minimum atomic E-state index is -0.347. The van der Waals surface area contributed by atoms with Crippen LogP contribution in [0.15, 0.2) is 30.7 Å². The average molecular weight is 397 g/mol. The van der Waals surface area contributed by atoms with E-state index in [0.717, 1.165) is 19.5 Å². The zero-order valence-corrected chi connectivity index (χ0v) is 16.2. The highest BCUT2D eigenvalue weighted by molar-refractivity contribution is 6.03. The van der Waals surface area contributed by atoms with E-state index < -0.39 is 0 Å². The molecule has 0 bridgehead atoms. The van der Waals surface area contributed by atoms with Crippen LogP contribution in [0.1, 0.15) is 36.2 Å². The zero-order valence-electron chi connectivity index (χ0n) is 16.2. The van der Waals surface area contributed by atoms with Crippen LogP contribution in [-0.2, 0) is 6.54 Å². The largest absolute Gasteiger partial charge is 0.494 e. The molecule has 1 amide bonds. The molecule has 0 spiro atoms. The van der Waals surface area contributed by atoms with E-state index in [9.17, 15) is 4.79 Å². The van der Waals surface area contributed by atoms with Gasteiger partial charge in [-0.15, -0.1) is 10.2 Å². The molecule has 3 heterocycles. The van der Waals surface area contributed by atoms with Crippen molar-refractivity contribution >= 4 is 11.6 Å². The number of carbonyl (C=O) groups excluding carboxylic acids is 1. The number of aryl methyl sites for hydroxylation is 1. The first-order chi connectivity index (χ1) is 14.2. The summed E-state index contributed by atoms with van der Waals surface area (Å²) in [4.78, 5) is 12.6. The van der Waals surface area contributed by atoms with Crippen molar-refractivity contribution in [2.45, 2.75) is 38.3 Å². The average Bonchev–Trinajstić information content (AvgIpc) is 3.46. The first-order valence-electron chi connectivity index (χ1n) is 9.59. The van der Waals surface area contributed by atoms with Gasteiger partial charge in [0.15, 0.2) is 5.69 Å². The number of benzene rings is 1. The highest BCUT2D eigenvalue weighted by atomic mass is 16.5. The molecule has 1 atom stereocenters. The maximum atomic E-state index is 12.6. The van der Waals surface area contributed by atoms with E-state index >= 15 is 0 Å². The van der Waals surface area contributed by atoms with E-state index in [0.29, 0.717) is 23.2 Å². The third-order valence-corrected chi connectivity index (χ3v) is 4.94. The minimum absolute atomic E-state index is 0.258. The monoisotopic (exact) mass is 397 g/mol. The van der Waals surface area contributed by atoms with Crippen LogP contribution in [0.5, 0.6) is 5.75 Å². The van der Waals surface area contributed by atoms with E-state index in [2.05, 4.69) is 36.5 Å². The van der Waals surface area contributed by atoms with Crippen molar-refractivity contribution in [1.29, 1.82) is 0 Å². The second-order valence-corrected chi connectivity index (χ2v) is 6.90. The lowest BCUT2D eigenvalue weighted by molar-refractivity contribution is 0.102. The third kappa shape index (κ3) is 4.57. The van der Waals surface area contributed by atoms with Crippen molar-refractivity contribution in [2.75, 3.05) is 19.0 Å². The molecule has 1 aliphatic heterocycles. The Morgan fingerprint density at radius 2 is 2.28 bits per heavy atom. The molecule has 29 heavy (non-hydrogen) atoms. The Morgan fingerprint density at radius 3 is 3.03 bits per heavy atom. The van der Waals surface area contributed by atoms with E-state index in [-0.39, 0.29) is 11.6 Å². The molecule has 1 unspecified atom stereocenters. The Kier molecular flexibility index (Phi) is 5.75. The minimum Gasteiger partial charge on any atom is -0.494 e. The van der Waals surface area contributed by atoms with E-state index in [1.54, 1.807) is 29.1 Å². The van der Waals surface area contributed by atoms with E-state index in [1.807, 2.05) is 0 Å². The van der Waals surface area contributed by atoms with Gasteiger partial charge in [-0.2, -0.15) is 0 Å². The topological polar surface area (TPSA) is 125 Å². The van der Waals surface area contributed by atoms with E-state index in [1.165, 1.54) is 37.4 Å². The summed E-state index contributed by atoms with van der Waals surface area (Å²) in [5, 5.41) is 25.5. The first kappa shape index (κ1) is 19.0. The first-order valence-corrected chi connectivity index (χ1v) is 9.59. The number of ether oxygens (including phenoxy) is 1. The van der Waals surface area contributed by atoms with Crippen molar-refractivity contribution in [3.63, 3.8) is 0 Å². The Hall–Kier alpha value is -3.34. The van der Waals surface area contributed by atoms with Gasteiger partial charge in [0.05, 0.1) is 24.7 Å². The molecular formula is C18H23N9O2. The second kappa shape index (κ2) is 8.78. The van der Waals surface area contributed by atoms with Crippen LogP contribution < -0.4 is 15.4 Å². The molecule has 4 rings (SSSR count). The van der Waals surface area contributed by atoms with Crippen LogP contribution in [0.25, 0.3) is 5.69 Å². The predicted molar refractivity (Wildman–Crippen MR) is 104 cm³/mol. The zero-order chi connectivity index (χ0) is 20.1. The number of hydrogen-bond acceptors (Lipinski definition) is 8. The van der Waals surface area contributed by atoms with Gasteiger partial charge in [-0.1, -0.05) is 11.6 Å². The van der Waals surface area contributed by atoms with Gasteiger partial charge in [0.2, 0.25) is 0 Å². The van der Waals surface area contributed by atoms with Gasteiger partial charge in [-0.25, -0.2) is 4.68 Å². The SMILES string of the molecule is COc1cc(-n2cnnn2)ccc1NC(=O)c1cn(CCC2CCCCN2)nn1. The second-order valence-electron chi connectivity index (χ2n) is 6.90. The number of piperidine rings is 1. The molecular weight excluding hydrogens is 374 g/mol. The van der Waals surface area contributed by atoms with Crippen molar-refractivity contribution in [3.05, 3.63) is 36.4 Å². The number of aromatic nitrogens is 7. The van der Waals surface area contributed by atoms with Crippen LogP contribution in [-0.4, -0.2) is 60.8 Å². The molecule has 3 aromatic rings. The maximum Gasteiger partial charge on any atom is 0.277 e. The highest BCUT2D eigenvalue weighted by Gasteiger charge is 2.16. The Bertz CT molecular complexity index is 948. The summed E-state index contributed by atoms with van der Waals surface area (Å²) in [6, 6.07) is 5.75. The molecule has 11 heteroatoms. The predicted octanol–water partition coefficient (Wildman–Crippen LogP) is 1.05. The smallest absolute Gasteiger partial charge is 0.277 e. The Labute approximate surface area is 167 Å². The van der Waals surface area contributed by atoms with Crippen molar-refractivity contribution in [2.24, 2.45) is 0 Å². The summed E-state index contributed by atoms with van der Waals surface area (Å²) < 4.78 is 8.60. The maximum absolute atomic E-state index is 12.6. The number of nitrogens with one attached hydrogen (secondary N) is 2. The number of carbonyl (C=O) groups is 1. The fraction of sp³-hybridized carbons (Fsp3) is 0.444. The number of rotatable bonds is 7. The number of anilines is 1. The van der Waals surface area contributed by atoms with E-state index in [4.69, 9.17) is 4.74 Å². The van der Waals surface area contributed by atoms with Crippen LogP contribution in [0.4, 0.5) is 5.69 Å². The van der Waals surface area contributed by atoms with Crippen molar-refractivity contribution in [3.8, 4) is 11.4 Å². The van der Waals surface area contributed by atoms with Gasteiger partial charge in [0.25, 0.3) is 5.91 Å². The quantitative estimate of drug-likeness (QED) is 0.606. The molecule has 1 fully saturated rings. The molecule has 1 aliphatic rings. The summed E-state index contributed by atoms with van der Waals surface area (Å²) in [6.45, 7) is 1.80. The number of hydrogen-bond donors (Lipinski definition) is 2. The van der Waals surface area contributed by atoms with Gasteiger partial charge in [0, 0.05) is 18.7 Å². The molecule has 11 nitrogen and oxygen atoms in total. The fourth-order valence-electron chi connectivity index (χ4n) is 3.36. The van der Waals surface area contributed by atoms with Gasteiger partial charge in [0.1, 0.15) is 12.1 Å². The molecule has 0 saturated carbocycles. The lowest BCUT2D eigenvalue weighted by Gasteiger charge is -2.23. The van der Waals surface area contributed by atoms with Crippen molar-refractivity contribution in [1.82, 2.24) is 40.5 Å². The lowest BCUT2D eigenvalue weighted by atomic mass is 10.0. The van der Waals surface area contributed by atoms with Crippen LogP contribution >= 0.6 is 0 Å². The normalized spacial score (nSPS) is 16.5.